The highest BCUT2D eigenvalue weighted by Crippen LogP contribution is 2.37. The van der Waals surface area contributed by atoms with Crippen LogP contribution in [0.15, 0.2) is 48.5 Å². The summed E-state index contributed by atoms with van der Waals surface area (Å²) in [5.41, 5.74) is -0.548. The van der Waals surface area contributed by atoms with Crippen LogP contribution in [0.5, 0.6) is 11.5 Å². The van der Waals surface area contributed by atoms with Gasteiger partial charge in [0.15, 0.2) is 6.61 Å². The van der Waals surface area contributed by atoms with Crippen LogP contribution >= 0.6 is 0 Å². The van der Waals surface area contributed by atoms with Crippen molar-refractivity contribution in [1.29, 1.82) is 0 Å². The van der Waals surface area contributed by atoms with Crippen molar-refractivity contribution in [2.24, 2.45) is 0 Å². The van der Waals surface area contributed by atoms with Crippen molar-refractivity contribution in [1.82, 2.24) is 0 Å². The predicted octanol–water partition coefficient (Wildman–Crippen LogP) is 4.42. The molecule has 0 aliphatic carbocycles. The van der Waals surface area contributed by atoms with Crippen LogP contribution in [0.4, 0.5) is 0 Å². The summed E-state index contributed by atoms with van der Waals surface area (Å²) < 4.78 is 10.9. The summed E-state index contributed by atoms with van der Waals surface area (Å²) in [6, 6.07) is 15.0. The molecule has 0 fully saturated rings. The lowest BCUT2D eigenvalue weighted by atomic mass is 10.0. The van der Waals surface area contributed by atoms with E-state index in [1.165, 1.54) is 0 Å². The maximum absolute atomic E-state index is 11.9. The van der Waals surface area contributed by atoms with Gasteiger partial charge in [0, 0.05) is 16.2 Å². The minimum absolute atomic E-state index is 0.177. The molecule has 3 aromatic rings. The quantitative estimate of drug-likeness (QED) is 0.572. The second kappa shape index (κ2) is 6.04. The molecule has 124 valence electrons. The Hall–Kier alpha value is -2.75. The molecular weight excluding hydrogens is 304 g/mol. The topological polar surface area (TPSA) is 55.8 Å². The number of ether oxygens (including phenoxy) is 2. The summed E-state index contributed by atoms with van der Waals surface area (Å²) in [7, 11) is 0. The van der Waals surface area contributed by atoms with Gasteiger partial charge < -0.3 is 14.6 Å². The van der Waals surface area contributed by atoms with Crippen molar-refractivity contribution in [3.05, 3.63) is 48.5 Å². The van der Waals surface area contributed by atoms with Crippen molar-refractivity contribution >= 4 is 27.5 Å². The molecule has 0 aromatic heterocycles. The number of hydrogen-bond acceptors (Lipinski definition) is 4. The van der Waals surface area contributed by atoms with E-state index in [-0.39, 0.29) is 12.4 Å². The number of fused-ring (bicyclic) bond motifs is 2. The smallest absolute Gasteiger partial charge is 0.344 e. The molecule has 0 unspecified atom stereocenters. The highest BCUT2D eigenvalue weighted by atomic mass is 16.6. The van der Waals surface area contributed by atoms with Gasteiger partial charge in [-0.2, -0.15) is 0 Å². The van der Waals surface area contributed by atoms with Crippen molar-refractivity contribution in [3.63, 3.8) is 0 Å². The molecule has 4 heteroatoms. The Balaban J connectivity index is 1.96. The van der Waals surface area contributed by atoms with Crippen LogP contribution in [0.1, 0.15) is 20.8 Å². The lowest BCUT2D eigenvalue weighted by molar-refractivity contribution is -0.157. The molecule has 0 saturated heterocycles. The second-order valence-electron chi connectivity index (χ2n) is 6.67. The fraction of sp³-hybridized carbons (Fsp3) is 0.250. The van der Waals surface area contributed by atoms with Crippen LogP contribution in [0.2, 0.25) is 0 Å². The van der Waals surface area contributed by atoms with Gasteiger partial charge in [-0.05, 0) is 38.3 Å². The summed E-state index contributed by atoms with van der Waals surface area (Å²) in [5.74, 6) is 0.328. The Morgan fingerprint density at radius 1 is 1.00 bits per heavy atom. The minimum atomic E-state index is -0.548. The molecular formula is C20H20O4. The molecule has 4 nitrogen and oxygen atoms in total. The number of rotatable bonds is 3. The van der Waals surface area contributed by atoms with Gasteiger partial charge in [0.2, 0.25) is 0 Å². The summed E-state index contributed by atoms with van der Waals surface area (Å²) in [6.45, 7) is 5.26. The fourth-order valence-electron chi connectivity index (χ4n) is 2.67. The highest BCUT2D eigenvalue weighted by Gasteiger charge is 2.17. The van der Waals surface area contributed by atoms with Gasteiger partial charge in [0.1, 0.15) is 17.1 Å². The standard InChI is InChI=1S/C20H20O4/c1-20(2,3)24-18(21)12-23-17-10-6-9-15-16(17)11-13-7-4-5-8-14(13)19(15)22/h4-11,22H,12H2,1-3H3. The zero-order valence-corrected chi connectivity index (χ0v) is 14.0. The first-order valence-electron chi connectivity index (χ1n) is 7.83. The summed E-state index contributed by atoms with van der Waals surface area (Å²) >= 11 is 0. The summed E-state index contributed by atoms with van der Waals surface area (Å²) in [5, 5.41) is 13.7. The van der Waals surface area contributed by atoms with Gasteiger partial charge in [0.05, 0.1) is 0 Å². The van der Waals surface area contributed by atoms with Crippen LogP contribution in [0.25, 0.3) is 21.5 Å². The van der Waals surface area contributed by atoms with Gasteiger partial charge in [0.25, 0.3) is 0 Å². The molecule has 3 aromatic carbocycles. The Kier molecular flexibility index (Phi) is 4.06. The average molecular weight is 324 g/mol. The van der Waals surface area contributed by atoms with E-state index in [1.54, 1.807) is 12.1 Å². The van der Waals surface area contributed by atoms with Crippen molar-refractivity contribution in [2.75, 3.05) is 6.61 Å². The number of benzene rings is 3. The zero-order chi connectivity index (χ0) is 17.3. The minimum Gasteiger partial charge on any atom is -0.507 e. The monoisotopic (exact) mass is 324 g/mol. The van der Waals surface area contributed by atoms with Gasteiger partial charge in [-0.3, -0.25) is 0 Å². The number of esters is 1. The normalized spacial score (nSPS) is 11.6. The number of carbonyl (C=O) groups is 1. The van der Waals surface area contributed by atoms with E-state index < -0.39 is 11.6 Å². The van der Waals surface area contributed by atoms with Gasteiger partial charge in [-0.15, -0.1) is 0 Å². The van der Waals surface area contributed by atoms with E-state index in [9.17, 15) is 9.90 Å². The molecule has 0 saturated carbocycles. The lowest BCUT2D eigenvalue weighted by Crippen LogP contribution is -2.27. The van der Waals surface area contributed by atoms with Crippen LogP contribution in [-0.4, -0.2) is 23.3 Å². The van der Waals surface area contributed by atoms with E-state index in [2.05, 4.69) is 0 Å². The SMILES string of the molecule is CC(C)(C)OC(=O)COc1cccc2c(O)c3ccccc3cc12. The first kappa shape index (κ1) is 16.1. The number of carbonyl (C=O) groups excluding carboxylic acids is 1. The van der Waals surface area contributed by atoms with Crippen molar-refractivity contribution in [3.8, 4) is 11.5 Å². The largest absolute Gasteiger partial charge is 0.507 e. The molecule has 0 aliphatic heterocycles. The molecule has 0 amide bonds. The molecule has 24 heavy (non-hydrogen) atoms. The van der Waals surface area contributed by atoms with Gasteiger partial charge in [-0.1, -0.05) is 36.4 Å². The molecule has 0 aliphatic rings. The Morgan fingerprint density at radius 3 is 2.46 bits per heavy atom. The van der Waals surface area contributed by atoms with Crippen LogP contribution in [0, 0.1) is 0 Å². The lowest BCUT2D eigenvalue weighted by Gasteiger charge is -2.19. The summed E-state index contributed by atoms with van der Waals surface area (Å²) in [4.78, 5) is 11.9. The molecule has 0 radical (unpaired) electrons. The molecule has 0 spiro atoms. The summed E-state index contributed by atoms with van der Waals surface area (Å²) in [6.07, 6.45) is 0. The Bertz CT molecular complexity index is 907. The van der Waals surface area contributed by atoms with E-state index in [0.29, 0.717) is 11.1 Å². The van der Waals surface area contributed by atoms with E-state index >= 15 is 0 Å². The molecule has 0 heterocycles. The van der Waals surface area contributed by atoms with Crippen molar-refractivity contribution in [2.45, 2.75) is 26.4 Å². The third-order valence-corrected chi connectivity index (χ3v) is 3.60. The number of aromatic hydroxyl groups is 1. The Labute approximate surface area is 140 Å². The Morgan fingerprint density at radius 2 is 1.71 bits per heavy atom. The second-order valence-corrected chi connectivity index (χ2v) is 6.67. The molecule has 1 N–H and O–H groups in total. The predicted molar refractivity (Wildman–Crippen MR) is 94.5 cm³/mol. The van der Waals surface area contributed by atoms with E-state index in [0.717, 1.165) is 16.2 Å². The van der Waals surface area contributed by atoms with Gasteiger partial charge >= 0.3 is 5.97 Å². The number of phenolic OH excluding ortho intramolecular Hbond substituents is 1. The van der Waals surface area contributed by atoms with Crippen LogP contribution in [0.3, 0.4) is 0 Å². The first-order chi connectivity index (χ1) is 11.3. The van der Waals surface area contributed by atoms with Gasteiger partial charge in [-0.25, -0.2) is 4.79 Å². The fourth-order valence-corrected chi connectivity index (χ4v) is 2.67. The van der Waals surface area contributed by atoms with Crippen LogP contribution in [-0.2, 0) is 9.53 Å². The maximum atomic E-state index is 11.9. The molecule has 0 atom stereocenters. The first-order valence-corrected chi connectivity index (χ1v) is 7.83. The van der Waals surface area contributed by atoms with Crippen LogP contribution < -0.4 is 4.74 Å². The average Bonchev–Trinajstić information content (AvgIpc) is 2.52. The maximum Gasteiger partial charge on any atom is 0.344 e. The molecule has 0 bridgehead atoms. The van der Waals surface area contributed by atoms with E-state index in [1.807, 2.05) is 57.2 Å². The van der Waals surface area contributed by atoms with Crippen molar-refractivity contribution < 1.29 is 19.4 Å². The third-order valence-electron chi connectivity index (χ3n) is 3.60. The molecule has 3 rings (SSSR count). The zero-order valence-electron chi connectivity index (χ0n) is 14.0. The highest BCUT2D eigenvalue weighted by molar-refractivity contribution is 6.07. The van der Waals surface area contributed by atoms with E-state index in [4.69, 9.17) is 9.47 Å². The number of hydrogen-bond donors (Lipinski definition) is 1. The number of phenols is 1. The third kappa shape index (κ3) is 3.27.